The van der Waals surface area contributed by atoms with Crippen molar-refractivity contribution in [2.24, 2.45) is 0 Å². The Hall–Kier alpha value is -1.54. The van der Waals surface area contributed by atoms with Crippen molar-refractivity contribution in [1.82, 2.24) is 5.32 Å². The van der Waals surface area contributed by atoms with Crippen molar-refractivity contribution in [3.63, 3.8) is 0 Å². The van der Waals surface area contributed by atoms with E-state index in [4.69, 9.17) is 10.4 Å². The fourth-order valence-electron chi connectivity index (χ4n) is 0.344. The lowest BCUT2D eigenvalue weighted by atomic mass is 10.7. The summed E-state index contributed by atoms with van der Waals surface area (Å²) < 4.78 is 4.51. The molecule has 0 rings (SSSR count). The number of aliphatic hydroxyl groups is 1. The molecule has 2 N–H and O–H groups in total. The highest BCUT2D eigenvalue weighted by Crippen LogP contribution is 1.76. The minimum atomic E-state index is -0.533. The summed E-state index contributed by atoms with van der Waals surface area (Å²) in [6.07, 6.45) is 0.937. The molecule has 1 amide bonds. The van der Waals surface area contributed by atoms with Gasteiger partial charge in [-0.2, -0.15) is 5.26 Å². The zero-order chi connectivity index (χ0) is 10.5. The highest BCUT2D eigenvalue weighted by Gasteiger charge is 1.95. The molecule has 74 valence electrons. The summed E-state index contributed by atoms with van der Waals surface area (Å²) in [4.78, 5) is 10.5. The molecule has 0 aliphatic heterocycles. The Bertz CT molecular complexity index is 175. The molecule has 0 saturated carbocycles. The summed E-state index contributed by atoms with van der Waals surface area (Å²) in [5.74, 6) is 0. The van der Waals surface area contributed by atoms with Crippen LogP contribution in [-0.2, 0) is 4.74 Å². The second-order valence-corrected chi connectivity index (χ2v) is 1.76. The van der Waals surface area contributed by atoms with E-state index < -0.39 is 6.09 Å². The normalized spacial score (nSPS) is 7.15. The Morgan fingerprint density at radius 3 is 2.77 bits per heavy atom. The summed E-state index contributed by atoms with van der Waals surface area (Å²) in [5, 5.41) is 17.9. The van der Waals surface area contributed by atoms with Gasteiger partial charge in [-0.1, -0.05) is 12.7 Å². The quantitative estimate of drug-likeness (QED) is 0.623. The Kier molecular flexibility index (Phi) is 14.1. The van der Waals surface area contributed by atoms with Gasteiger partial charge in [0.15, 0.2) is 0 Å². The van der Waals surface area contributed by atoms with Crippen LogP contribution in [0.1, 0.15) is 6.92 Å². The minimum absolute atomic E-state index is 0.0802. The van der Waals surface area contributed by atoms with E-state index in [1.54, 1.807) is 6.07 Å². The number of rotatable bonds is 4. The largest absolute Gasteiger partial charge is 0.445 e. The summed E-state index contributed by atoms with van der Waals surface area (Å²) in [6, 6.07) is 1.75. The first kappa shape index (κ1) is 14.0. The summed E-state index contributed by atoms with van der Waals surface area (Å²) in [5.41, 5.74) is 0. The Morgan fingerprint density at radius 1 is 1.85 bits per heavy atom. The zero-order valence-corrected chi connectivity index (χ0v) is 7.62. The number of aliphatic hydroxyl groups excluding tert-OH is 1. The van der Waals surface area contributed by atoms with Crippen LogP contribution in [0.4, 0.5) is 4.79 Å². The molecule has 5 nitrogen and oxygen atoms in total. The van der Waals surface area contributed by atoms with E-state index in [0.29, 0.717) is 0 Å². The molecule has 0 spiro atoms. The van der Waals surface area contributed by atoms with Crippen LogP contribution in [0.25, 0.3) is 0 Å². The van der Waals surface area contributed by atoms with Gasteiger partial charge in [0.05, 0.1) is 12.7 Å². The Balaban J connectivity index is 0. The molecule has 0 bridgehead atoms. The number of ether oxygens (including phenoxy) is 1. The lowest BCUT2D eigenvalue weighted by molar-refractivity contribution is 0.155. The van der Waals surface area contributed by atoms with Crippen molar-refractivity contribution in [3.8, 4) is 6.07 Å². The van der Waals surface area contributed by atoms with Gasteiger partial charge < -0.3 is 15.2 Å². The van der Waals surface area contributed by atoms with E-state index in [2.05, 4.69) is 16.6 Å². The van der Waals surface area contributed by atoms with Crippen molar-refractivity contribution in [1.29, 1.82) is 5.26 Å². The minimum Gasteiger partial charge on any atom is -0.445 e. The highest BCUT2D eigenvalue weighted by molar-refractivity contribution is 5.67. The van der Waals surface area contributed by atoms with Crippen LogP contribution in [0.2, 0.25) is 0 Å². The molecule has 0 aromatic rings. The molecular formula is C8H14N2O3. The summed E-state index contributed by atoms with van der Waals surface area (Å²) in [7, 11) is 0. The lowest BCUT2D eigenvalue weighted by Crippen LogP contribution is -2.27. The van der Waals surface area contributed by atoms with Crippen LogP contribution in [0.3, 0.4) is 0 Å². The number of nitriles is 1. The number of nitrogens with one attached hydrogen (secondary N) is 1. The van der Waals surface area contributed by atoms with Crippen LogP contribution >= 0.6 is 0 Å². The number of amides is 1. The fraction of sp³-hybridized carbons (Fsp3) is 0.500. The number of nitrogens with zero attached hydrogens (tertiary/aromatic N) is 1. The van der Waals surface area contributed by atoms with Crippen LogP contribution < -0.4 is 5.32 Å². The molecule has 0 aromatic heterocycles. The number of hydrogen-bond donors (Lipinski definition) is 2. The Labute approximate surface area is 77.6 Å². The zero-order valence-electron chi connectivity index (χ0n) is 7.62. The smallest absolute Gasteiger partial charge is 0.407 e. The van der Waals surface area contributed by atoms with E-state index >= 15 is 0 Å². The van der Waals surface area contributed by atoms with Crippen molar-refractivity contribution >= 4 is 6.09 Å². The maximum atomic E-state index is 10.5. The SMILES string of the molecule is C=CCOC(=O)NCCO.CC#N. The van der Waals surface area contributed by atoms with E-state index in [1.165, 1.54) is 13.0 Å². The van der Waals surface area contributed by atoms with Crippen molar-refractivity contribution in [3.05, 3.63) is 12.7 Å². The monoisotopic (exact) mass is 186 g/mol. The van der Waals surface area contributed by atoms with E-state index in [1.807, 2.05) is 0 Å². The van der Waals surface area contributed by atoms with Gasteiger partial charge >= 0.3 is 6.09 Å². The maximum Gasteiger partial charge on any atom is 0.407 e. The first-order valence-corrected chi connectivity index (χ1v) is 3.66. The lowest BCUT2D eigenvalue weighted by Gasteiger charge is -2.01. The third-order valence-electron chi connectivity index (χ3n) is 0.713. The van der Waals surface area contributed by atoms with Crippen LogP contribution in [-0.4, -0.2) is 31.0 Å². The molecule has 0 aromatic carbocycles. The number of alkyl carbamates (subject to hydrolysis) is 1. The average molecular weight is 186 g/mol. The first-order chi connectivity index (χ1) is 6.22. The molecule has 0 heterocycles. The van der Waals surface area contributed by atoms with Gasteiger partial charge in [-0.3, -0.25) is 0 Å². The van der Waals surface area contributed by atoms with Gasteiger partial charge in [0.1, 0.15) is 6.61 Å². The predicted molar refractivity (Wildman–Crippen MR) is 47.9 cm³/mol. The second-order valence-electron chi connectivity index (χ2n) is 1.76. The molecule has 0 unspecified atom stereocenters. The van der Waals surface area contributed by atoms with Crippen molar-refractivity contribution in [2.45, 2.75) is 6.92 Å². The topological polar surface area (TPSA) is 82.3 Å². The summed E-state index contributed by atoms with van der Waals surface area (Å²) >= 11 is 0. The second kappa shape index (κ2) is 13.1. The van der Waals surface area contributed by atoms with Gasteiger partial charge in [0, 0.05) is 13.5 Å². The molecule has 0 atom stereocenters. The number of hydrogen-bond acceptors (Lipinski definition) is 4. The van der Waals surface area contributed by atoms with E-state index in [-0.39, 0.29) is 19.8 Å². The van der Waals surface area contributed by atoms with Crippen molar-refractivity contribution < 1.29 is 14.6 Å². The summed E-state index contributed by atoms with van der Waals surface area (Å²) in [6.45, 7) is 5.12. The third-order valence-corrected chi connectivity index (χ3v) is 0.713. The van der Waals surface area contributed by atoms with E-state index in [0.717, 1.165) is 0 Å². The molecule has 13 heavy (non-hydrogen) atoms. The van der Waals surface area contributed by atoms with Crippen LogP contribution in [0.5, 0.6) is 0 Å². The number of carbonyl (C=O) groups is 1. The van der Waals surface area contributed by atoms with Crippen LogP contribution in [0.15, 0.2) is 12.7 Å². The van der Waals surface area contributed by atoms with Gasteiger partial charge in [-0.15, -0.1) is 0 Å². The van der Waals surface area contributed by atoms with Gasteiger partial charge in [-0.05, 0) is 0 Å². The molecule has 0 aliphatic carbocycles. The van der Waals surface area contributed by atoms with Crippen LogP contribution in [0, 0.1) is 11.3 Å². The third kappa shape index (κ3) is 17.9. The molecule has 5 heteroatoms. The molecule has 0 saturated heterocycles. The number of carbonyl (C=O) groups excluding carboxylic acids is 1. The molecule has 0 aliphatic rings. The fourth-order valence-corrected chi connectivity index (χ4v) is 0.344. The van der Waals surface area contributed by atoms with Crippen molar-refractivity contribution in [2.75, 3.05) is 19.8 Å². The average Bonchev–Trinajstić information content (AvgIpc) is 2.12. The highest BCUT2D eigenvalue weighted by atomic mass is 16.5. The Morgan fingerprint density at radius 2 is 2.38 bits per heavy atom. The first-order valence-electron chi connectivity index (χ1n) is 3.66. The maximum absolute atomic E-state index is 10.5. The standard InChI is InChI=1S/C6H11NO3.C2H3N/c1-2-5-10-6(9)7-3-4-8;1-2-3/h2,8H,1,3-5H2,(H,7,9);1H3. The van der Waals surface area contributed by atoms with Gasteiger partial charge in [-0.25, -0.2) is 4.79 Å². The molecule has 0 radical (unpaired) electrons. The molecule has 0 fully saturated rings. The van der Waals surface area contributed by atoms with Gasteiger partial charge in [0.2, 0.25) is 0 Å². The van der Waals surface area contributed by atoms with Gasteiger partial charge in [0.25, 0.3) is 0 Å². The van der Waals surface area contributed by atoms with E-state index in [9.17, 15) is 4.79 Å². The predicted octanol–water partition coefficient (Wildman–Crippen LogP) is 0.421. The molecular weight excluding hydrogens is 172 g/mol.